The number of hydrogen-bond acceptors (Lipinski definition) is 7. The van der Waals surface area contributed by atoms with Gasteiger partial charge < -0.3 is 15.5 Å². The molecule has 176 valence electrons. The van der Waals surface area contributed by atoms with E-state index >= 15 is 0 Å². The molecule has 0 unspecified atom stereocenters. The van der Waals surface area contributed by atoms with Gasteiger partial charge in [0.1, 0.15) is 0 Å². The molecule has 0 aliphatic carbocycles. The number of amides is 3. The summed E-state index contributed by atoms with van der Waals surface area (Å²) in [5, 5.41) is 7.08. The minimum atomic E-state index is -0.289. The van der Waals surface area contributed by atoms with Crippen LogP contribution in [0.15, 0.2) is 42.5 Å². The number of carbonyl (C=O) groups is 5. The summed E-state index contributed by atoms with van der Waals surface area (Å²) in [7, 11) is 0. The molecule has 2 N–H and O–H groups in total. The van der Waals surface area contributed by atoms with Crippen LogP contribution in [0.3, 0.4) is 0 Å². The van der Waals surface area contributed by atoms with E-state index in [1.54, 1.807) is 11.0 Å². The first-order valence-electron chi connectivity index (χ1n) is 10.3. The van der Waals surface area contributed by atoms with E-state index in [9.17, 15) is 24.0 Å². The van der Waals surface area contributed by atoms with E-state index in [-0.39, 0.29) is 65.6 Å². The van der Waals surface area contributed by atoms with Crippen LogP contribution >= 0.6 is 23.5 Å². The highest BCUT2D eigenvalue weighted by Gasteiger charge is 2.17. The molecule has 3 amide bonds. The predicted octanol–water partition coefficient (Wildman–Crippen LogP) is 2.07. The minimum Gasteiger partial charge on any atom is -0.354 e. The van der Waals surface area contributed by atoms with E-state index in [0.29, 0.717) is 5.56 Å². The Balaban J connectivity index is 2.00. The predicted molar refractivity (Wildman–Crippen MR) is 132 cm³/mol. The summed E-state index contributed by atoms with van der Waals surface area (Å²) in [6.07, 6.45) is 0. The molecule has 0 saturated heterocycles. The van der Waals surface area contributed by atoms with Crippen LogP contribution in [0.4, 0.5) is 0 Å². The third-order valence-electron chi connectivity index (χ3n) is 4.50. The third-order valence-corrected chi connectivity index (χ3v) is 6.13. The normalized spacial score (nSPS) is 10.5. The van der Waals surface area contributed by atoms with Crippen LogP contribution in [0.25, 0.3) is 10.8 Å². The van der Waals surface area contributed by atoms with E-state index < -0.39 is 0 Å². The second kappa shape index (κ2) is 13.6. The Labute approximate surface area is 201 Å². The van der Waals surface area contributed by atoms with Gasteiger partial charge in [0, 0.05) is 45.6 Å². The van der Waals surface area contributed by atoms with Gasteiger partial charge in [-0.05, 0) is 22.9 Å². The fourth-order valence-electron chi connectivity index (χ4n) is 2.92. The van der Waals surface area contributed by atoms with Crippen molar-refractivity contribution >= 4 is 62.2 Å². The second-order valence-electron chi connectivity index (χ2n) is 7.11. The first kappa shape index (κ1) is 26.4. The van der Waals surface area contributed by atoms with Gasteiger partial charge in [0.15, 0.2) is 10.2 Å². The quantitative estimate of drug-likeness (QED) is 0.497. The van der Waals surface area contributed by atoms with E-state index in [2.05, 4.69) is 10.6 Å². The first-order chi connectivity index (χ1) is 15.8. The lowest BCUT2D eigenvalue weighted by Crippen LogP contribution is -2.43. The maximum atomic E-state index is 13.2. The number of nitrogens with one attached hydrogen (secondary N) is 2. The van der Waals surface area contributed by atoms with Crippen molar-refractivity contribution in [2.75, 3.05) is 37.7 Å². The minimum absolute atomic E-state index is 0.0256. The maximum absolute atomic E-state index is 13.2. The Kier molecular flexibility index (Phi) is 10.9. The van der Waals surface area contributed by atoms with Crippen molar-refractivity contribution in [2.24, 2.45) is 0 Å². The van der Waals surface area contributed by atoms with Crippen LogP contribution in [0.2, 0.25) is 0 Å². The van der Waals surface area contributed by atoms with Gasteiger partial charge >= 0.3 is 0 Å². The molecule has 0 aromatic heterocycles. The van der Waals surface area contributed by atoms with E-state index in [0.717, 1.165) is 34.3 Å². The third kappa shape index (κ3) is 9.67. The van der Waals surface area contributed by atoms with Gasteiger partial charge in [-0.3, -0.25) is 24.0 Å². The molecule has 0 radical (unpaired) electrons. The SMILES string of the molecule is CC(=O)SCC(=O)NCCN(CCNC(=O)CSC(C)=O)C(=O)c1ccc2ccccc2c1. The molecular weight excluding hydrogens is 462 g/mol. The Bertz CT molecular complexity index is 992. The standard InChI is InChI=1S/C23H27N3O5S2/c1-16(27)32-14-21(29)24-9-11-26(12-10-25-22(30)15-33-17(2)28)23(31)20-8-7-18-5-3-4-6-19(18)13-20/h3-8,13H,9-12,14-15H2,1-2H3,(H,24,29)(H,25,30). The van der Waals surface area contributed by atoms with Crippen molar-refractivity contribution < 1.29 is 24.0 Å². The fourth-order valence-corrected chi connectivity index (χ4v) is 3.79. The molecule has 10 heteroatoms. The molecule has 2 aromatic rings. The summed E-state index contributed by atoms with van der Waals surface area (Å²) in [6.45, 7) is 3.69. The molecule has 0 spiro atoms. The van der Waals surface area contributed by atoms with Gasteiger partial charge in [0.2, 0.25) is 11.8 Å². The molecular formula is C23H27N3O5S2. The lowest BCUT2D eigenvalue weighted by Gasteiger charge is -2.23. The summed E-state index contributed by atoms with van der Waals surface area (Å²) < 4.78 is 0. The second-order valence-corrected chi connectivity index (χ2v) is 9.42. The van der Waals surface area contributed by atoms with Crippen molar-refractivity contribution in [2.45, 2.75) is 13.8 Å². The van der Waals surface area contributed by atoms with Crippen LogP contribution < -0.4 is 10.6 Å². The summed E-state index contributed by atoms with van der Waals surface area (Å²) in [6, 6.07) is 13.2. The van der Waals surface area contributed by atoms with Gasteiger partial charge in [-0.15, -0.1) is 0 Å². The zero-order valence-electron chi connectivity index (χ0n) is 18.6. The average molecular weight is 490 g/mol. The number of benzene rings is 2. The highest BCUT2D eigenvalue weighted by atomic mass is 32.2. The highest BCUT2D eigenvalue weighted by molar-refractivity contribution is 8.14. The molecule has 0 bridgehead atoms. The van der Waals surface area contributed by atoms with Gasteiger partial charge in [-0.25, -0.2) is 0 Å². The summed E-state index contributed by atoms with van der Waals surface area (Å²) in [5.74, 6) is -0.749. The molecule has 0 fully saturated rings. The van der Waals surface area contributed by atoms with Gasteiger partial charge in [0.05, 0.1) is 11.5 Å². The van der Waals surface area contributed by atoms with Crippen molar-refractivity contribution in [3.63, 3.8) is 0 Å². The van der Waals surface area contributed by atoms with Crippen molar-refractivity contribution in [1.29, 1.82) is 0 Å². The van der Waals surface area contributed by atoms with Crippen LogP contribution in [0.5, 0.6) is 0 Å². The molecule has 0 aliphatic rings. The molecule has 0 heterocycles. The average Bonchev–Trinajstić information content (AvgIpc) is 2.79. The van der Waals surface area contributed by atoms with Gasteiger partial charge in [0.25, 0.3) is 5.91 Å². The van der Waals surface area contributed by atoms with Gasteiger partial charge in [-0.1, -0.05) is 53.9 Å². The number of nitrogens with zero attached hydrogens (tertiary/aromatic N) is 1. The molecule has 2 rings (SSSR count). The van der Waals surface area contributed by atoms with Crippen molar-refractivity contribution in [3.05, 3.63) is 48.0 Å². The monoisotopic (exact) mass is 489 g/mol. The highest BCUT2D eigenvalue weighted by Crippen LogP contribution is 2.17. The van der Waals surface area contributed by atoms with E-state index in [4.69, 9.17) is 0 Å². The topological polar surface area (TPSA) is 113 Å². The fraction of sp³-hybridized carbons (Fsp3) is 0.348. The first-order valence-corrected chi connectivity index (χ1v) is 12.3. The number of hydrogen-bond donors (Lipinski definition) is 2. The van der Waals surface area contributed by atoms with E-state index in [1.807, 2.05) is 36.4 Å². The molecule has 2 aromatic carbocycles. The summed E-state index contributed by atoms with van der Waals surface area (Å²) in [4.78, 5) is 60.5. The summed E-state index contributed by atoms with van der Waals surface area (Å²) >= 11 is 1.84. The van der Waals surface area contributed by atoms with Gasteiger partial charge in [-0.2, -0.15) is 0 Å². The molecule has 0 aliphatic heterocycles. The smallest absolute Gasteiger partial charge is 0.253 e. The maximum Gasteiger partial charge on any atom is 0.253 e. The van der Waals surface area contributed by atoms with Crippen LogP contribution in [-0.2, 0) is 19.2 Å². The lowest BCUT2D eigenvalue weighted by atomic mass is 10.1. The Hall–Kier alpha value is -2.85. The van der Waals surface area contributed by atoms with E-state index in [1.165, 1.54) is 13.8 Å². The molecule has 0 saturated carbocycles. The van der Waals surface area contributed by atoms with Crippen LogP contribution in [0.1, 0.15) is 24.2 Å². The molecule has 8 nitrogen and oxygen atoms in total. The zero-order chi connectivity index (χ0) is 24.2. The Morgan fingerprint density at radius 3 is 1.79 bits per heavy atom. The van der Waals surface area contributed by atoms with Crippen LogP contribution in [0, 0.1) is 0 Å². The van der Waals surface area contributed by atoms with Crippen LogP contribution in [-0.4, -0.2) is 70.5 Å². The largest absolute Gasteiger partial charge is 0.354 e. The lowest BCUT2D eigenvalue weighted by molar-refractivity contribution is -0.119. The Morgan fingerprint density at radius 2 is 1.27 bits per heavy atom. The molecule has 0 atom stereocenters. The number of fused-ring (bicyclic) bond motifs is 1. The van der Waals surface area contributed by atoms with Crippen molar-refractivity contribution in [1.82, 2.24) is 15.5 Å². The summed E-state index contributed by atoms with van der Waals surface area (Å²) in [5.41, 5.74) is 0.505. The number of carbonyl (C=O) groups excluding carboxylic acids is 5. The number of thioether (sulfide) groups is 2. The zero-order valence-corrected chi connectivity index (χ0v) is 20.2. The van der Waals surface area contributed by atoms with Crippen molar-refractivity contribution in [3.8, 4) is 0 Å². The molecule has 33 heavy (non-hydrogen) atoms. The number of rotatable bonds is 11. The Morgan fingerprint density at radius 1 is 0.758 bits per heavy atom.